The molecular formula is C31H25N4O2Pt-. The van der Waals surface area contributed by atoms with Crippen LogP contribution in [0, 0.1) is 6.07 Å². The first-order chi connectivity index (χ1) is 17.9. The van der Waals surface area contributed by atoms with Gasteiger partial charge in [-0.15, -0.1) is 10.9 Å². The van der Waals surface area contributed by atoms with E-state index in [1.165, 1.54) is 0 Å². The average Bonchev–Trinajstić information content (AvgIpc) is 3.23. The Labute approximate surface area is 235 Å². The fourth-order valence-electron chi connectivity index (χ4n) is 4.50. The van der Waals surface area contributed by atoms with Crippen LogP contribution in [0.4, 0.5) is 0 Å². The number of rotatable bonds is 4. The maximum Gasteiger partial charge on any atom is 0.223 e. The molecule has 6 rings (SSSR count). The zero-order valence-electron chi connectivity index (χ0n) is 21.1. The second-order valence-corrected chi connectivity index (χ2v) is 9.95. The molecular weight excluding hydrogens is 655 g/mol. The number of pyridine rings is 3. The minimum atomic E-state index is -0.150. The van der Waals surface area contributed by atoms with Gasteiger partial charge in [-0.25, -0.2) is 11.1 Å². The maximum atomic E-state index is 10.5. The van der Waals surface area contributed by atoms with E-state index in [-0.39, 0.29) is 32.2 Å². The number of aromatic nitrogens is 4. The van der Waals surface area contributed by atoms with Gasteiger partial charge in [0.25, 0.3) is 0 Å². The summed E-state index contributed by atoms with van der Waals surface area (Å²) in [4.78, 5) is 13.8. The van der Waals surface area contributed by atoms with Crippen LogP contribution in [0.1, 0.15) is 26.3 Å². The third-order valence-electron chi connectivity index (χ3n) is 6.39. The van der Waals surface area contributed by atoms with Crippen molar-refractivity contribution < 1.29 is 30.9 Å². The molecule has 4 heterocycles. The Bertz CT molecular complexity index is 1720. The second-order valence-electron chi connectivity index (χ2n) is 9.95. The molecule has 6 nitrogen and oxygen atoms in total. The van der Waals surface area contributed by atoms with Crippen molar-refractivity contribution in [3.8, 4) is 34.6 Å². The van der Waals surface area contributed by atoms with Gasteiger partial charge in [0.05, 0.1) is 5.69 Å². The fraction of sp³-hybridized carbons (Fsp3) is 0.129. The van der Waals surface area contributed by atoms with Gasteiger partial charge >= 0.3 is 0 Å². The van der Waals surface area contributed by atoms with Crippen molar-refractivity contribution in [3.63, 3.8) is 0 Å². The molecule has 0 aliphatic rings. The van der Waals surface area contributed by atoms with Crippen molar-refractivity contribution in [2.45, 2.75) is 26.2 Å². The fourth-order valence-corrected chi connectivity index (χ4v) is 4.50. The molecule has 0 saturated carbocycles. The first kappa shape index (κ1) is 25.6. The van der Waals surface area contributed by atoms with Crippen molar-refractivity contribution in [1.29, 1.82) is 0 Å². The van der Waals surface area contributed by atoms with E-state index >= 15 is 0 Å². The number of hydrogen-bond donors (Lipinski definition) is 1. The van der Waals surface area contributed by atoms with E-state index in [1.807, 2.05) is 60.8 Å². The Kier molecular flexibility index (Phi) is 6.76. The summed E-state index contributed by atoms with van der Waals surface area (Å²) < 4.78 is 8.30. The molecule has 192 valence electrons. The van der Waals surface area contributed by atoms with Crippen LogP contribution in [0.2, 0.25) is 0 Å². The quantitative estimate of drug-likeness (QED) is 0.199. The van der Waals surface area contributed by atoms with Crippen molar-refractivity contribution in [2.75, 3.05) is 0 Å². The number of phenolic OH excluding ortho intramolecular Hbond substituents is 1. The topological polar surface area (TPSA) is 73.1 Å². The van der Waals surface area contributed by atoms with E-state index in [0.717, 1.165) is 27.4 Å². The Balaban J connectivity index is 0.00000294. The molecule has 2 aromatic carbocycles. The zero-order chi connectivity index (χ0) is 25.6. The largest absolute Gasteiger partial charge is 0.507 e. The van der Waals surface area contributed by atoms with Crippen LogP contribution in [0.15, 0.2) is 91.3 Å². The summed E-state index contributed by atoms with van der Waals surface area (Å²) >= 11 is 0. The number of fused-ring (bicyclic) bond motifs is 3. The number of aromatic hydroxyl groups is 1. The third-order valence-corrected chi connectivity index (χ3v) is 6.39. The van der Waals surface area contributed by atoms with Crippen molar-refractivity contribution >= 4 is 21.8 Å². The molecule has 0 spiro atoms. The van der Waals surface area contributed by atoms with Gasteiger partial charge in [-0.05, 0) is 47.5 Å². The molecule has 0 saturated heterocycles. The summed E-state index contributed by atoms with van der Waals surface area (Å²) in [5.74, 6) is 1.70. The summed E-state index contributed by atoms with van der Waals surface area (Å²) in [6.45, 7) is 6.40. The summed E-state index contributed by atoms with van der Waals surface area (Å²) in [6.07, 6.45) is 3.52. The molecule has 0 aliphatic carbocycles. The maximum absolute atomic E-state index is 10.5. The number of phenols is 1. The Morgan fingerprint density at radius 1 is 0.842 bits per heavy atom. The number of ether oxygens (including phenoxy) is 1. The van der Waals surface area contributed by atoms with E-state index in [1.54, 1.807) is 18.3 Å². The first-order valence-electron chi connectivity index (χ1n) is 12.1. The first-order valence-corrected chi connectivity index (χ1v) is 12.1. The molecule has 1 N–H and O–H groups in total. The predicted molar refractivity (Wildman–Crippen MR) is 145 cm³/mol. The third kappa shape index (κ3) is 4.68. The van der Waals surface area contributed by atoms with Crippen molar-refractivity contribution in [1.82, 2.24) is 19.5 Å². The molecule has 0 unspecified atom stereocenters. The van der Waals surface area contributed by atoms with Crippen LogP contribution in [0.3, 0.4) is 0 Å². The van der Waals surface area contributed by atoms with Gasteiger partial charge in [0.15, 0.2) is 0 Å². The normalized spacial score (nSPS) is 11.4. The van der Waals surface area contributed by atoms with Gasteiger partial charge in [-0.1, -0.05) is 68.8 Å². The van der Waals surface area contributed by atoms with Gasteiger partial charge in [0.2, 0.25) is 11.8 Å². The molecule has 0 fully saturated rings. The second kappa shape index (κ2) is 10.0. The Hall–Kier alpha value is -4.02. The summed E-state index contributed by atoms with van der Waals surface area (Å²) in [6, 6.07) is 28.2. The standard InChI is InChI=1S/C31H25N4O2.Pt/c1-31(2,3)20-17-24(22-10-5-7-12-27(22)36)33-30(18-20)37-29-14-8-13-28(34-29)35-25-11-6-4-9-21(25)23-19-32-16-15-26(23)35;/h4-14,16-19,36H,1-3H3;/q-1;. The van der Waals surface area contributed by atoms with Gasteiger partial charge in [-0.2, -0.15) is 4.98 Å². The molecule has 4 aromatic heterocycles. The van der Waals surface area contributed by atoms with Gasteiger partial charge in [-0.3, -0.25) is 0 Å². The molecule has 0 bridgehead atoms. The van der Waals surface area contributed by atoms with Gasteiger partial charge in [0.1, 0.15) is 11.6 Å². The summed E-state index contributed by atoms with van der Waals surface area (Å²) in [7, 11) is 0. The van der Waals surface area contributed by atoms with Gasteiger partial charge < -0.3 is 19.4 Å². The predicted octanol–water partition coefficient (Wildman–Crippen LogP) is 7.23. The van der Waals surface area contributed by atoms with E-state index in [9.17, 15) is 5.11 Å². The molecule has 7 heteroatoms. The van der Waals surface area contributed by atoms with Crippen LogP contribution in [-0.2, 0) is 26.5 Å². The number of hydrogen-bond acceptors (Lipinski definition) is 5. The average molecular weight is 681 g/mol. The van der Waals surface area contributed by atoms with Crippen LogP contribution < -0.4 is 4.74 Å². The van der Waals surface area contributed by atoms with Gasteiger partial charge in [0, 0.05) is 44.3 Å². The minimum Gasteiger partial charge on any atom is -0.507 e. The van der Waals surface area contributed by atoms with Crippen LogP contribution >= 0.6 is 0 Å². The SMILES string of the molecule is CC(C)(C)c1cc(Oc2cccc(-n3c4[c-]cncc4c4ccccc43)n2)nc(-c2ccccc2O)c1.[Pt]. The monoisotopic (exact) mass is 680 g/mol. The summed E-state index contributed by atoms with van der Waals surface area (Å²) in [5, 5.41) is 12.5. The molecule has 38 heavy (non-hydrogen) atoms. The van der Waals surface area contributed by atoms with E-state index < -0.39 is 0 Å². The van der Waals surface area contributed by atoms with Crippen molar-refractivity contribution in [3.05, 3.63) is 103 Å². The van der Waals surface area contributed by atoms with E-state index in [4.69, 9.17) is 14.7 Å². The smallest absolute Gasteiger partial charge is 0.223 e. The number of para-hydroxylation sites is 2. The summed E-state index contributed by atoms with van der Waals surface area (Å²) in [5.41, 5.74) is 4.09. The van der Waals surface area contributed by atoms with Crippen molar-refractivity contribution in [2.24, 2.45) is 0 Å². The number of nitrogens with zero attached hydrogens (tertiary/aromatic N) is 4. The van der Waals surface area contributed by atoms with Crippen LogP contribution in [0.5, 0.6) is 17.5 Å². The van der Waals surface area contributed by atoms with E-state index in [2.05, 4.69) is 48.5 Å². The number of benzene rings is 2. The minimum absolute atomic E-state index is 0. The molecule has 0 atom stereocenters. The van der Waals surface area contributed by atoms with Crippen LogP contribution in [0.25, 0.3) is 38.9 Å². The molecule has 6 aromatic rings. The zero-order valence-corrected chi connectivity index (χ0v) is 23.4. The van der Waals surface area contributed by atoms with Crippen LogP contribution in [-0.4, -0.2) is 24.6 Å². The molecule has 0 aliphatic heterocycles. The Morgan fingerprint density at radius 2 is 1.63 bits per heavy atom. The molecule has 0 radical (unpaired) electrons. The Morgan fingerprint density at radius 3 is 2.45 bits per heavy atom. The van der Waals surface area contributed by atoms with E-state index in [0.29, 0.717) is 28.8 Å². The molecule has 0 amide bonds.